The van der Waals surface area contributed by atoms with Crippen LogP contribution in [0.5, 0.6) is 0 Å². The highest BCUT2D eigenvalue weighted by Gasteiger charge is 2.14. The number of pyridine rings is 1. The maximum Gasteiger partial charge on any atom is 0.0716 e. The molecular formula is C20H15N. The highest BCUT2D eigenvalue weighted by atomic mass is 14.7. The zero-order valence-electron chi connectivity index (χ0n) is 11.9. The van der Waals surface area contributed by atoms with Gasteiger partial charge in [-0.3, -0.25) is 0 Å². The molecule has 100 valence electrons. The second-order valence-electron chi connectivity index (χ2n) is 5.37. The van der Waals surface area contributed by atoms with Crippen molar-refractivity contribution in [2.24, 2.45) is 0 Å². The Morgan fingerprint density at radius 3 is 2.33 bits per heavy atom. The van der Waals surface area contributed by atoms with E-state index in [2.05, 4.69) is 67.6 Å². The summed E-state index contributed by atoms with van der Waals surface area (Å²) in [6.45, 7) is 2.16. The monoisotopic (exact) mass is 269 g/mol. The minimum absolute atomic E-state index is 1.04. The average Bonchev–Trinajstić information content (AvgIpc) is 2.70. The summed E-state index contributed by atoms with van der Waals surface area (Å²) in [5.74, 6) is 0. The Kier molecular flexibility index (Phi) is 2.71. The van der Waals surface area contributed by atoms with Crippen LogP contribution in [-0.4, -0.2) is 4.98 Å². The molecule has 1 heterocycles. The molecule has 2 aliphatic carbocycles. The van der Waals surface area contributed by atoms with Crippen LogP contribution in [0.2, 0.25) is 0 Å². The van der Waals surface area contributed by atoms with Gasteiger partial charge in [0.2, 0.25) is 0 Å². The van der Waals surface area contributed by atoms with E-state index in [1.807, 2.05) is 12.1 Å². The van der Waals surface area contributed by atoms with Gasteiger partial charge in [0.05, 0.1) is 11.2 Å². The molecule has 0 unspecified atom stereocenters. The average molecular weight is 269 g/mol. The molecule has 2 aromatic rings. The molecule has 4 rings (SSSR count). The number of aromatic nitrogens is 1. The van der Waals surface area contributed by atoms with Crippen molar-refractivity contribution in [1.29, 1.82) is 0 Å². The van der Waals surface area contributed by atoms with Crippen LogP contribution < -0.4 is 0 Å². The lowest BCUT2D eigenvalue weighted by Gasteiger charge is -2.04. The summed E-state index contributed by atoms with van der Waals surface area (Å²) in [6, 6.07) is 25.3. The SMILES string of the molecule is Cc1cc(-c2ccc3ccccc3n2)c2cccccc1-2. The third-order valence-corrected chi connectivity index (χ3v) is 3.99. The van der Waals surface area contributed by atoms with Crippen LogP contribution in [-0.2, 0) is 0 Å². The predicted octanol–water partition coefficient (Wildman–Crippen LogP) is 5.32. The van der Waals surface area contributed by atoms with Gasteiger partial charge in [0, 0.05) is 10.9 Å². The number of nitrogens with zero attached hydrogens (tertiary/aromatic N) is 1. The molecule has 1 nitrogen and oxygen atoms in total. The lowest BCUT2D eigenvalue weighted by molar-refractivity contribution is 1.41. The smallest absolute Gasteiger partial charge is 0.0716 e. The van der Waals surface area contributed by atoms with Crippen molar-refractivity contribution in [2.75, 3.05) is 0 Å². The quantitative estimate of drug-likeness (QED) is 0.456. The van der Waals surface area contributed by atoms with Crippen molar-refractivity contribution in [1.82, 2.24) is 4.98 Å². The molecule has 0 saturated heterocycles. The summed E-state index contributed by atoms with van der Waals surface area (Å²) in [5.41, 5.74) is 7.15. The summed E-state index contributed by atoms with van der Waals surface area (Å²) >= 11 is 0. The van der Waals surface area contributed by atoms with Crippen LogP contribution in [0.25, 0.3) is 33.3 Å². The first-order valence-corrected chi connectivity index (χ1v) is 7.17. The maximum absolute atomic E-state index is 4.83. The van der Waals surface area contributed by atoms with E-state index in [-0.39, 0.29) is 0 Å². The van der Waals surface area contributed by atoms with Gasteiger partial charge in [0.25, 0.3) is 0 Å². The molecule has 2 aliphatic rings. The number of rotatable bonds is 1. The van der Waals surface area contributed by atoms with E-state index in [1.54, 1.807) is 0 Å². The Morgan fingerprint density at radius 1 is 0.667 bits per heavy atom. The Bertz CT molecular complexity index is 908. The summed E-state index contributed by atoms with van der Waals surface area (Å²) in [5, 5.41) is 1.18. The van der Waals surface area contributed by atoms with Gasteiger partial charge in [-0.2, -0.15) is 0 Å². The Morgan fingerprint density at radius 2 is 1.43 bits per heavy atom. The zero-order valence-corrected chi connectivity index (χ0v) is 11.9. The normalized spacial score (nSPS) is 11.1. The van der Waals surface area contributed by atoms with Gasteiger partial charge in [-0.25, -0.2) is 4.98 Å². The molecule has 0 amide bonds. The fourth-order valence-electron chi connectivity index (χ4n) is 2.93. The number of fused-ring (bicyclic) bond motifs is 2. The second kappa shape index (κ2) is 4.71. The van der Waals surface area contributed by atoms with Crippen LogP contribution >= 0.6 is 0 Å². The molecule has 0 fully saturated rings. The maximum atomic E-state index is 4.83. The van der Waals surface area contributed by atoms with Crippen molar-refractivity contribution >= 4 is 10.9 Å². The first-order chi connectivity index (χ1) is 10.3. The van der Waals surface area contributed by atoms with Crippen molar-refractivity contribution in [3.05, 3.63) is 78.4 Å². The Balaban J connectivity index is 1.97. The van der Waals surface area contributed by atoms with E-state index in [9.17, 15) is 0 Å². The Hall–Kier alpha value is -2.67. The predicted molar refractivity (Wildman–Crippen MR) is 88.5 cm³/mol. The number of hydrogen-bond donors (Lipinski definition) is 0. The summed E-state index contributed by atoms with van der Waals surface area (Å²) in [4.78, 5) is 4.83. The Labute approximate surface area is 124 Å². The number of hydrogen-bond acceptors (Lipinski definition) is 1. The van der Waals surface area contributed by atoms with E-state index in [4.69, 9.17) is 4.98 Å². The van der Waals surface area contributed by atoms with Crippen LogP contribution in [0.3, 0.4) is 0 Å². The highest BCUT2D eigenvalue weighted by molar-refractivity contribution is 5.90. The number of para-hydroxylation sites is 1. The number of aryl methyl sites for hydroxylation is 1. The van der Waals surface area contributed by atoms with Gasteiger partial charge in [-0.05, 0) is 41.8 Å². The molecule has 0 N–H and O–H groups in total. The molecule has 21 heavy (non-hydrogen) atoms. The van der Waals surface area contributed by atoms with E-state index in [1.165, 1.54) is 27.6 Å². The van der Waals surface area contributed by atoms with Gasteiger partial charge in [0.15, 0.2) is 0 Å². The van der Waals surface area contributed by atoms with Crippen molar-refractivity contribution in [3.8, 4) is 22.4 Å². The molecule has 0 saturated carbocycles. The summed E-state index contributed by atoms with van der Waals surface area (Å²) < 4.78 is 0. The van der Waals surface area contributed by atoms with Gasteiger partial charge >= 0.3 is 0 Å². The van der Waals surface area contributed by atoms with Crippen molar-refractivity contribution < 1.29 is 0 Å². The largest absolute Gasteiger partial charge is 0.248 e. The summed E-state index contributed by atoms with van der Waals surface area (Å²) in [7, 11) is 0. The summed E-state index contributed by atoms with van der Waals surface area (Å²) in [6.07, 6.45) is 0. The minimum atomic E-state index is 1.04. The van der Waals surface area contributed by atoms with Crippen molar-refractivity contribution in [2.45, 2.75) is 6.92 Å². The van der Waals surface area contributed by atoms with Gasteiger partial charge in [-0.1, -0.05) is 54.6 Å². The molecule has 0 bridgehead atoms. The molecule has 1 aromatic heterocycles. The lowest BCUT2D eigenvalue weighted by Crippen LogP contribution is -1.84. The van der Waals surface area contributed by atoms with Gasteiger partial charge < -0.3 is 0 Å². The lowest BCUT2D eigenvalue weighted by atomic mass is 10.1. The first-order valence-electron chi connectivity index (χ1n) is 7.17. The molecular weight excluding hydrogens is 254 g/mol. The van der Waals surface area contributed by atoms with Crippen molar-refractivity contribution in [3.63, 3.8) is 0 Å². The van der Waals surface area contributed by atoms with E-state index in [0.717, 1.165) is 11.2 Å². The standard InChI is InChI=1S/C20H15N/c1-14-13-18(17-9-4-2-3-8-16(14)17)20-12-11-15-7-5-6-10-19(15)21-20/h2-13H,1H3. The first kappa shape index (κ1) is 12.1. The van der Waals surface area contributed by atoms with Crippen LogP contribution in [0.4, 0.5) is 0 Å². The van der Waals surface area contributed by atoms with Crippen LogP contribution in [0, 0.1) is 6.92 Å². The molecule has 0 radical (unpaired) electrons. The van der Waals surface area contributed by atoms with Gasteiger partial charge in [-0.15, -0.1) is 0 Å². The minimum Gasteiger partial charge on any atom is -0.248 e. The van der Waals surface area contributed by atoms with Crippen LogP contribution in [0.1, 0.15) is 5.56 Å². The van der Waals surface area contributed by atoms with E-state index >= 15 is 0 Å². The molecule has 0 spiro atoms. The fraction of sp³-hybridized carbons (Fsp3) is 0.0500. The molecule has 0 aliphatic heterocycles. The zero-order chi connectivity index (χ0) is 14.2. The van der Waals surface area contributed by atoms with E-state index in [0.29, 0.717) is 0 Å². The third kappa shape index (κ3) is 1.98. The van der Waals surface area contributed by atoms with Crippen LogP contribution in [0.15, 0.2) is 72.8 Å². The topological polar surface area (TPSA) is 12.9 Å². The highest BCUT2D eigenvalue weighted by Crippen LogP contribution is 2.37. The third-order valence-electron chi connectivity index (χ3n) is 3.99. The number of benzene rings is 1. The van der Waals surface area contributed by atoms with Gasteiger partial charge in [0.1, 0.15) is 0 Å². The molecule has 1 aromatic carbocycles. The second-order valence-corrected chi connectivity index (χ2v) is 5.37. The van der Waals surface area contributed by atoms with E-state index < -0.39 is 0 Å². The molecule has 1 heteroatoms. The fourth-order valence-corrected chi connectivity index (χ4v) is 2.93. The molecule has 0 atom stereocenters.